The summed E-state index contributed by atoms with van der Waals surface area (Å²) < 4.78 is 5.32. The number of hydrogen-bond donors (Lipinski definition) is 3. The predicted molar refractivity (Wildman–Crippen MR) is 151 cm³/mol. The van der Waals surface area contributed by atoms with Crippen molar-refractivity contribution in [3.63, 3.8) is 0 Å². The van der Waals surface area contributed by atoms with E-state index in [9.17, 15) is 19.5 Å². The average Bonchev–Trinajstić information content (AvgIpc) is 3.16. The molecule has 212 valence electrons. The number of ether oxygens (including phenoxy) is 1. The smallest absolute Gasteiger partial charge is 0.408 e. The maximum absolute atomic E-state index is 13.5. The number of likely N-dealkylation sites (tertiary alicyclic amines) is 1. The number of hydrogen-bond acceptors (Lipinski definition) is 5. The molecular weight excluding hydrogens is 500 g/mol. The van der Waals surface area contributed by atoms with Gasteiger partial charge in [0.1, 0.15) is 12.6 Å². The lowest BCUT2D eigenvalue weighted by molar-refractivity contribution is -0.133. The standard InChI is InChI=1S/C28H46N4O5Si/c1-28(2,3)30-21-12-13-23(24(18-21)32(27(35)36)16-17-38(4,5)6)31-15-14-22(25(31)33)29-26(34)37-19-20-10-8-7-9-11-20/h7-11,21-24,30H,12-19H2,1-6H3,(H,29,34)(H,35,36)/t21?,22-,23-,24+/m0/s1. The van der Waals surface area contributed by atoms with Crippen molar-refractivity contribution in [1.82, 2.24) is 20.4 Å². The number of rotatable bonds is 9. The van der Waals surface area contributed by atoms with Gasteiger partial charge in [-0.05, 0) is 58.1 Å². The molecule has 9 nitrogen and oxygen atoms in total. The lowest BCUT2D eigenvalue weighted by Gasteiger charge is -2.46. The monoisotopic (exact) mass is 546 g/mol. The second-order valence-corrected chi connectivity index (χ2v) is 18.5. The van der Waals surface area contributed by atoms with Crippen LogP contribution in [-0.4, -0.2) is 83.9 Å². The molecule has 3 rings (SSSR count). The summed E-state index contributed by atoms with van der Waals surface area (Å²) in [6.07, 6.45) is 1.16. The minimum absolute atomic E-state index is 0.0903. The number of nitrogens with one attached hydrogen (secondary N) is 2. The first-order chi connectivity index (χ1) is 17.7. The molecule has 10 heteroatoms. The molecule has 1 aliphatic carbocycles. The van der Waals surface area contributed by atoms with E-state index >= 15 is 0 Å². The van der Waals surface area contributed by atoms with E-state index in [2.05, 4.69) is 51.0 Å². The van der Waals surface area contributed by atoms with Crippen LogP contribution in [0.25, 0.3) is 0 Å². The molecular formula is C28H46N4O5Si. The van der Waals surface area contributed by atoms with Crippen molar-refractivity contribution in [2.24, 2.45) is 0 Å². The van der Waals surface area contributed by atoms with Crippen molar-refractivity contribution in [3.05, 3.63) is 35.9 Å². The molecule has 2 fully saturated rings. The van der Waals surface area contributed by atoms with Crippen LogP contribution >= 0.6 is 0 Å². The summed E-state index contributed by atoms with van der Waals surface area (Å²) in [7, 11) is -1.48. The molecule has 1 unspecified atom stereocenters. The van der Waals surface area contributed by atoms with Crippen molar-refractivity contribution < 1.29 is 24.2 Å². The first-order valence-corrected chi connectivity index (χ1v) is 17.5. The van der Waals surface area contributed by atoms with Gasteiger partial charge in [-0.25, -0.2) is 9.59 Å². The molecule has 0 radical (unpaired) electrons. The van der Waals surface area contributed by atoms with Crippen molar-refractivity contribution >= 4 is 26.2 Å². The van der Waals surface area contributed by atoms with E-state index in [0.29, 0.717) is 32.4 Å². The lowest BCUT2D eigenvalue weighted by atomic mass is 9.83. The number of carboxylic acid groups (broad SMARTS) is 1. The SMILES string of the molecule is CC(C)(C)NC1CC[C@H](N2CC[C@H](NC(=O)OCc3ccccc3)C2=O)[C@H](N(CC[Si](C)(C)C)C(=O)O)C1. The summed E-state index contributed by atoms with van der Waals surface area (Å²) in [6, 6.07) is 9.25. The Bertz CT molecular complexity index is 962. The van der Waals surface area contributed by atoms with Gasteiger partial charge in [0.15, 0.2) is 0 Å². The molecule has 4 atom stereocenters. The van der Waals surface area contributed by atoms with Crippen LogP contribution in [0.3, 0.4) is 0 Å². The van der Waals surface area contributed by atoms with Crippen molar-refractivity contribution in [1.29, 1.82) is 0 Å². The molecule has 1 aromatic rings. The fraction of sp³-hybridized carbons (Fsp3) is 0.679. The summed E-state index contributed by atoms with van der Waals surface area (Å²) in [5.74, 6) is -0.158. The molecule has 3 N–H and O–H groups in total. The Kier molecular flexibility index (Phi) is 9.86. The number of nitrogens with zero attached hydrogens (tertiary/aromatic N) is 2. The molecule has 3 amide bonds. The zero-order chi connectivity index (χ0) is 28.1. The maximum Gasteiger partial charge on any atom is 0.408 e. The number of alkyl carbamates (subject to hydrolysis) is 1. The van der Waals surface area contributed by atoms with E-state index in [-0.39, 0.29) is 36.2 Å². The number of benzene rings is 1. The predicted octanol–water partition coefficient (Wildman–Crippen LogP) is 4.51. The van der Waals surface area contributed by atoms with E-state index in [0.717, 1.165) is 18.0 Å². The Morgan fingerprint density at radius 1 is 1.13 bits per heavy atom. The number of amides is 3. The van der Waals surface area contributed by atoms with Crippen LogP contribution in [0.2, 0.25) is 25.7 Å². The number of carbonyl (C=O) groups is 3. The second kappa shape index (κ2) is 12.5. The molecule has 1 heterocycles. The van der Waals surface area contributed by atoms with Gasteiger partial charge in [-0.3, -0.25) is 4.79 Å². The highest BCUT2D eigenvalue weighted by molar-refractivity contribution is 6.76. The zero-order valence-electron chi connectivity index (χ0n) is 23.8. The van der Waals surface area contributed by atoms with Gasteiger partial charge in [-0.15, -0.1) is 0 Å². The van der Waals surface area contributed by atoms with Crippen molar-refractivity contribution in [2.75, 3.05) is 13.1 Å². The average molecular weight is 547 g/mol. The molecule has 1 aliphatic heterocycles. The highest BCUT2D eigenvalue weighted by atomic mass is 28.3. The van der Waals surface area contributed by atoms with Crippen LogP contribution in [0.4, 0.5) is 9.59 Å². The van der Waals surface area contributed by atoms with Gasteiger partial charge in [0.2, 0.25) is 5.91 Å². The van der Waals surface area contributed by atoms with Gasteiger partial charge in [0.25, 0.3) is 0 Å². The van der Waals surface area contributed by atoms with E-state index < -0.39 is 26.3 Å². The maximum atomic E-state index is 13.5. The van der Waals surface area contributed by atoms with Gasteiger partial charge in [-0.1, -0.05) is 50.0 Å². The Balaban J connectivity index is 1.70. The van der Waals surface area contributed by atoms with Gasteiger partial charge in [0, 0.05) is 32.7 Å². The molecule has 0 bridgehead atoms. The Morgan fingerprint density at radius 2 is 1.82 bits per heavy atom. The Hall–Kier alpha value is -2.59. The van der Waals surface area contributed by atoms with Crippen LogP contribution in [-0.2, 0) is 16.1 Å². The molecule has 0 aromatic heterocycles. The third-order valence-corrected chi connectivity index (χ3v) is 9.04. The largest absolute Gasteiger partial charge is 0.465 e. The second-order valence-electron chi connectivity index (χ2n) is 12.9. The molecule has 0 spiro atoms. The highest BCUT2D eigenvalue weighted by Crippen LogP contribution is 2.32. The van der Waals surface area contributed by atoms with Gasteiger partial charge in [0.05, 0.1) is 12.1 Å². The van der Waals surface area contributed by atoms with Crippen LogP contribution in [0.15, 0.2) is 30.3 Å². The van der Waals surface area contributed by atoms with E-state index in [1.807, 2.05) is 35.2 Å². The van der Waals surface area contributed by atoms with Crippen LogP contribution in [0, 0.1) is 0 Å². The van der Waals surface area contributed by atoms with Gasteiger partial charge in [-0.2, -0.15) is 0 Å². The Morgan fingerprint density at radius 3 is 2.42 bits per heavy atom. The minimum Gasteiger partial charge on any atom is -0.465 e. The third-order valence-electron chi connectivity index (χ3n) is 7.31. The molecule has 2 aliphatic rings. The Labute approximate surface area is 228 Å². The third kappa shape index (κ3) is 8.73. The van der Waals surface area contributed by atoms with Crippen LogP contribution in [0.5, 0.6) is 0 Å². The fourth-order valence-electron chi connectivity index (χ4n) is 5.50. The molecule has 38 heavy (non-hydrogen) atoms. The summed E-state index contributed by atoms with van der Waals surface area (Å²) >= 11 is 0. The first-order valence-electron chi connectivity index (χ1n) is 13.8. The van der Waals surface area contributed by atoms with E-state index in [4.69, 9.17) is 4.74 Å². The summed E-state index contributed by atoms with van der Waals surface area (Å²) in [6.45, 7) is 14.2. The van der Waals surface area contributed by atoms with Crippen molar-refractivity contribution in [2.45, 2.75) is 108 Å². The first kappa shape index (κ1) is 30.0. The summed E-state index contributed by atoms with van der Waals surface area (Å²) in [5.41, 5.74) is 0.782. The van der Waals surface area contributed by atoms with E-state index in [1.54, 1.807) is 4.90 Å². The van der Waals surface area contributed by atoms with E-state index in [1.165, 1.54) is 0 Å². The molecule has 1 saturated carbocycles. The van der Waals surface area contributed by atoms with Crippen LogP contribution in [0.1, 0.15) is 52.0 Å². The zero-order valence-corrected chi connectivity index (χ0v) is 24.8. The number of carbonyl (C=O) groups excluding carboxylic acids is 2. The normalized spacial score (nSPS) is 24.3. The molecule has 1 aromatic carbocycles. The molecule has 1 saturated heterocycles. The summed E-state index contributed by atoms with van der Waals surface area (Å²) in [4.78, 5) is 41.8. The highest BCUT2D eigenvalue weighted by Gasteiger charge is 2.45. The topological polar surface area (TPSA) is 111 Å². The lowest BCUT2D eigenvalue weighted by Crippen LogP contribution is -2.61. The van der Waals surface area contributed by atoms with Gasteiger partial charge < -0.3 is 30.3 Å². The van der Waals surface area contributed by atoms with Gasteiger partial charge >= 0.3 is 12.2 Å². The van der Waals surface area contributed by atoms with Crippen LogP contribution < -0.4 is 10.6 Å². The summed E-state index contributed by atoms with van der Waals surface area (Å²) in [5, 5.41) is 16.6. The fourth-order valence-corrected chi connectivity index (χ4v) is 6.42. The van der Waals surface area contributed by atoms with Crippen molar-refractivity contribution in [3.8, 4) is 0 Å². The minimum atomic E-state index is -1.48. The quantitative estimate of drug-likeness (QED) is 0.393.